The van der Waals surface area contributed by atoms with E-state index in [0.717, 1.165) is 17.8 Å². The molecule has 0 aliphatic rings. The fraction of sp³-hybridized carbons (Fsp3) is 0.148. The zero-order valence-electron chi connectivity index (χ0n) is 21.0. The van der Waals surface area contributed by atoms with Gasteiger partial charge in [-0.25, -0.2) is 23.9 Å². The van der Waals surface area contributed by atoms with E-state index >= 15 is 0 Å². The van der Waals surface area contributed by atoms with E-state index in [0.29, 0.717) is 21.7 Å². The van der Waals surface area contributed by atoms with Crippen LogP contribution in [0.25, 0.3) is 10.6 Å². The van der Waals surface area contributed by atoms with Crippen LogP contribution in [-0.2, 0) is 28.5 Å². The maximum atomic E-state index is 12.7. The van der Waals surface area contributed by atoms with Gasteiger partial charge in [0.15, 0.2) is 5.69 Å². The Kier molecular flexibility index (Phi) is 9.60. The summed E-state index contributed by atoms with van der Waals surface area (Å²) in [6, 6.07) is 18.0. The summed E-state index contributed by atoms with van der Waals surface area (Å²) in [6.07, 6.45) is 2.36. The van der Waals surface area contributed by atoms with E-state index in [1.165, 1.54) is 39.3 Å². The number of aromatic nitrogens is 2. The molecule has 3 aromatic rings. The molecule has 0 saturated carbocycles. The van der Waals surface area contributed by atoms with Gasteiger partial charge in [0.2, 0.25) is 0 Å². The van der Waals surface area contributed by atoms with Crippen molar-refractivity contribution < 1.29 is 38.1 Å². The predicted molar refractivity (Wildman–Crippen MR) is 140 cm³/mol. The normalized spacial score (nSPS) is 11.7. The summed E-state index contributed by atoms with van der Waals surface area (Å²) < 4.78 is 20.6. The third kappa shape index (κ3) is 6.37. The maximum Gasteiger partial charge on any atom is 0.359 e. The van der Waals surface area contributed by atoms with Crippen LogP contribution in [0.15, 0.2) is 77.8 Å². The molecule has 3 rings (SSSR count). The number of rotatable bonds is 9. The molecule has 0 spiro atoms. The molecule has 196 valence electrons. The van der Waals surface area contributed by atoms with Gasteiger partial charge in [-0.05, 0) is 5.56 Å². The third-order valence-electron chi connectivity index (χ3n) is 5.07. The lowest BCUT2D eigenvalue weighted by molar-refractivity contribution is -0.137. The van der Waals surface area contributed by atoms with Crippen molar-refractivity contribution in [3.05, 3.63) is 100 Å². The standard InChI is InChI=1S/C27H24N2O8S/c1-34-21(30)15-20(26(32)36-3)38-24(18-13-9-6-10-14-18)23(17-11-7-5-8-12-17)29-16-19(25(31)35-2)22(28-29)27(33)37-4/h5-16H,1-4H3/b20-15+,24-23-. The summed E-state index contributed by atoms with van der Waals surface area (Å²) in [7, 11) is 4.73. The first-order chi connectivity index (χ1) is 18.3. The van der Waals surface area contributed by atoms with Crippen molar-refractivity contribution in [3.63, 3.8) is 0 Å². The molecule has 0 aliphatic carbocycles. The lowest BCUT2D eigenvalue weighted by Crippen LogP contribution is -2.11. The van der Waals surface area contributed by atoms with Crippen molar-refractivity contribution in [2.24, 2.45) is 0 Å². The molecular formula is C27H24N2O8S. The first-order valence-corrected chi connectivity index (χ1v) is 11.8. The van der Waals surface area contributed by atoms with Crippen molar-refractivity contribution in [1.82, 2.24) is 9.78 Å². The Balaban J connectivity index is 2.42. The van der Waals surface area contributed by atoms with Crippen LogP contribution >= 0.6 is 11.8 Å². The summed E-state index contributed by atoms with van der Waals surface area (Å²) in [5.41, 5.74) is 1.27. The highest BCUT2D eigenvalue weighted by Gasteiger charge is 2.27. The highest BCUT2D eigenvalue weighted by atomic mass is 32.2. The van der Waals surface area contributed by atoms with E-state index in [4.69, 9.17) is 18.9 Å². The van der Waals surface area contributed by atoms with Crippen molar-refractivity contribution in [3.8, 4) is 0 Å². The number of benzene rings is 2. The Labute approximate surface area is 222 Å². The van der Waals surface area contributed by atoms with Crippen LogP contribution in [0.2, 0.25) is 0 Å². The number of nitrogens with zero attached hydrogens (tertiary/aromatic N) is 2. The molecule has 0 amide bonds. The number of hydrogen-bond donors (Lipinski definition) is 0. The average Bonchev–Trinajstić information content (AvgIpc) is 3.40. The van der Waals surface area contributed by atoms with E-state index in [9.17, 15) is 19.2 Å². The monoisotopic (exact) mass is 536 g/mol. The van der Waals surface area contributed by atoms with E-state index in [1.807, 2.05) is 12.1 Å². The number of esters is 4. The van der Waals surface area contributed by atoms with Crippen molar-refractivity contribution in [2.45, 2.75) is 0 Å². The van der Waals surface area contributed by atoms with Gasteiger partial charge in [-0.1, -0.05) is 72.4 Å². The molecule has 2 aromatic carbocycles. The number of carbonyl (C=O) groups is 4. The number of hydrogen-bond acceptors (Lipinski definition) is 10. The second-order valence-electron chi connectivity index (χ2n) is 7.35. The molecule has 0 atom stereocenters. The number of thioether (sulfide) groups is 1. The molecular weight excluding hydrogens is 512 g/mol. The highest BCUT2D eigenvalue weighted by Crippen LogP contribution is 2.41. The van der Waals surface area contributed by atoms with E-state index in [2.05, 4.69) is 5.10 Å². The average molecular weight is 537 g/mol. The molecule has 11 heteroatoms. The van der Waals surface area contributed by atoms with Gasteiger partial charge in [0.1, 0.15) is 10.5 Å². The van der Waals surface area contributed by atoms with Crippen LogP contribution in [0.3, 0.4) is 0 Å². The summed E-state index contributed by atoms with van der Waals surface area (Å²) in [5.74, 6) is -3.16. The van der Waals surface area contributed by atoms with Gasteiger partial charge < -0.3 is 18.9 Å². The predicted octanol–water partition coefficient (Wildman–Crippen LogP) is 3.79. The summed E-state index contributed by atoms with van der Waals surface area (Å²) >= 11 is 0.933. The Morgan fingerprint density at radius 1 is 0.763 bits per heavy atom. The number of carbonyl (C=O) groups excluding carboxylic acids is 4. The Morgan fingerprint density at radius 2 is 1.34 bits per heavy atom. The van der Waals surface area contributed by atoms with Gasteiger partial charge in [-0.3, -0.25) is 0 Å². The van der Waals surface area contributed by atoms with Crippen LogP contribution in [0.5, 0.6) is 0 Å². The molecule has 0 unspecified atom stereocenters. The van der Waals surface area contributed by atoms with E-state index in [1.54, 1.807) is 48.5 Å². The fourth-order valence-corrected chi connectivity index (χ4v) is 4.40. The van der Waals surface area contributed by atoms with Crippen LogP contribution < -0.4 is 0 Å². The van der Waals surface area contributed by atoms with Gasteiger partial charge in [-0.15, -0.1) is 0 Å². The van der Waals surface area contributed by atoms with Crippen molar-refractivity contribution in [2.75, 3.05) is 28.4 Å². The zero-order chi connectivity index (χ0) is 27.7. The van der Waals surface area contributed by atoms with Gasteiger partial charge in [0.05, 0.1) is 34.1 Å². The van der Waals surface area contributed by atoms with Crippen LogP contribution in [0, 0.1) is 0 Å². The lowest BCUT2D eigenvalue weighted by Gasteiger charge is -2.17. The maximum absolute atomic E-state index is 12.7. The summed E-state index contributed by atoms with van der Waals surface area (Å²) in [4.78, 5) is 50.1. The minimum Gasteiger partial charge on any atom is -0.466 e. The SMILES string of the molecule is COC(=O)/C=C(/S/C(=C(/c1ccccc1)n1cc(C(=O)OC)c(C(=O)OC)n1)c1ccccc1)C(=O)OC. The van der Waals surface area contributed by atoms with Crippen LogP contribution in [-0.4, -0.2) is 62.1 Å². The summed E-state index contributed by atoms with van der Waals surface area (Å²) in [6.45, 7) is 0. The second kappa shape index (κ2) is 13.1. The minimum atomic E-state index is -0.841. The van der Waals surface area contributed by atoms with Crippen LogP contribution in [0.4, 0.5) is 0 Å². The molecule has 10 nitrogen and oxygen atoms in total. The fourth-order valence-electron chi connectivity index (χ4n) is 3.30. The molecule has 0 bridgehead atoms. The number of methoxy groups -OCH3 is 4. The first-order valence-electron chi connectivity index (χ1n) is 11.0. The highest BCUT2D eigenvalue weighted by molar-refractivity contribution is 8.12. The Morgan fingerprint density at radius 3 is 1.87 bits per heavy atom. The molecule has 0 aliphatic heterocycles. The van der Waals surface area contributed by atoms with Gasteiger partial charge >= 0.3 is 23.9 Å². The second-order valence-corrected chi connectivity index (χ2v) is 8.41. The molecule has 1 aromatic heterocycles. The van der Waals surface area contributed by atoms with E-state index < -0.39 is 23.9 Å². The summed E-state index contributed by atoms with van der Waals surface area (Å²) in [5, 5.41) is 4.37. The van der Waals surface area contributed by atoms with Gasteiger partial charge in [0, 0.05) is 22.7 Å². The smallest absolute Gasteiger partial charge is 0.359 e. The molecule has 0 radical (unpaired) electrons. The molecule has 38 heavy (non-hydrogen) atoms. The quantitative estimate of drug-likeness (QED) is 0.173. The van der Waals surface area contributed by atoms with Crippen molar-refractivity contribution in [1.29, 1.82) is 0 Å². The van der Waals surface area contributed by atoms with Crippen molar-refractivity contribution >= 4 is 46.2 Å². The minimum absolute atomic E-state index is 0.0693. The third-order valence-corrected chi connectivity index (χ3v) is 6.21. The lowest BCUT2D eigenvalue weighted by atomic mass is 10.1. The topological polar surface area (TPSA) is 123 Å². The Bertz CT molecular complexity index is 1360. The Hall–Kier alpha value is -4.64. The zero-order valence-corrected chi connectivity index (χ0v) is 21.8. The van der Waals surface area contributed by atoms with Crippen LogP contribution in [0.1, 0.15) is 32.0 Å². The largest absolute Gasteiger partial charge is 0.466 e. The van der Waals surface area contributed by atoms with E-state index in [-0.39, 0.29) is 16.2 Å². The number of ether oxygens (including phenoxy) is 4. The molecule has 0 fully saturated rings. The van der Waals surface area contributed by atoms with Gasteiger partial charge in [0.25, 0.3) is 0 Å². The molecule has 1 heterocycles. The van der Waals surface area contributed by atoms with Gasteiger partial charge in [-0.2, -0.15) is 5.10 Å². The first kappa shape index (κ1) is 27.9. The molecule has 0 saturated heterocycles. The molecule has 0 N–H and O–H groups in total.